The monoisotopic (exact) mass is 696 g/mol. The number of esters is 1. The Morgan fingerprint density at radius 1 is 0.551 bits per heavy atom. The molecule has 0 aliphatic rings. The van der Waals surface area contributed by atoms with Crippen LogP contribution in [0.1, 0.15) is 75.2 Å². The second-order valence-corrected chi connectivity index (χ2v) is 24.5. The van der Waals surface area contributed by atoms with Gasteiger partial charge in [0.2, 0.25) is 0 Å². The van der Waals surface area contributed by atoms with Gasteiger partial charge in [0.1, 0.15) is 5.60 Å². The van der Waals surface area contributed by atoms with Crippen molar-refractivity contribution >= 4 is 43.4 Å². The van der Waals surface area contributed by atoms with E-state index in [9.17, 15) is 9.90 Å². The van der Waals surface area contributed by atoms with Gasteiger partial charge in [0, 0.05) is 6.42 Å². The summed E-state index contributed by atoms with van der Waals surface area (Å²) in [5.74, 6) is -0.336. The van der Waals surface area contributed by atoms with Crippen LogP contribution in [-0.2, 0) is 18.4 Å². The van der Waals surface area contributed by atoms with Crippen molar-refractivity contribution in [2.24, 2.45) is 0 Å². The average molecular weight is 697 g/mol. The minimum atomic E-state index is -3.07. The first-order valence-corrected chi connectivity index (χ1v) is 21.3. The molecule has 0 aliphatic carbocycles. The van der Waals surface area contributed by atoms with Gasteiger partial charge < -0.3 is 18.7 Å². The summed E-state index contributed by atoms with van der Waals surface area (Å²) < 4.78 is 20.9. The van der Waals surface area contributed by atoms with Gasteiger partial charge in [0.15, 0.2) is 0 Å². The number of hydrogen-bond acceptors (Lipinski definition) is 5. The number of aliphatic hydroxyl groups is 1. The molecule has 262 valence electrons. The van der Waals surface area contributed by atoms with Crippen LogP contribution in [0.5, 0.6) is 0 Å². The van der Waals surface area contributed by atoms with Crippen LogP contribution >= 0.6 is 0 Å². The number of benzene rings is 4. The second kappa shape index (κ2) is 15.7. The van der Waals surface area contributed by atoms with Crippen LogP contribution in [0.2, 0.25) is 10.1 Å². The lowest BCUT2D eigenvalue weighted by atomic mass is 10.1. The molecule has 49 heavy (non-hydrogen) atoms. The molecular weight excluding hydrogens is 641 g/mol. The Balaban J connectivity index is 1.87. The standard InChI is InChI=1S/C42H56O5Si2/c1-40(2,3)45-39(44)31-33(46-48(41(4,5)6,35-22-14-10-15-23-35)36-24-16-11-17-25-36)30-34(32-43)47-49(42(7,8)9,37-26-18-12-19-27-37)38-28-20-13-21-29-38/h10-29,33-34,43H,30-32H2,1-9H3/t33-,34+/m1/s1. The molecule has 2 atom stereocenters. The summed E-state index contributed by atoms with van der Waals surface area (Å²) >= 11 is 0. The Labute approximate surface area is 296 Å². The molecule has 4 aromatic rings. The maximum Gasteiger partial charge on any atom is 0.308 e. The van der Waals surface area contributed by atoms with Crippen molar-refractivity contribution in [1.82, 2.24) is 0 Å². The van der Waals surface area contributed by atoms with Crippen molar-refractivity contribution in [3.05, 3.63) is 121 Å². The van der Waals surface area contributed by atoms with Gasteiger partial charge in [-0.2, -0.15) is 0 Å². The Morgan fingerprint density at radius 3 is 1.12 bits per heavy atom. The third-order valence-corrected chi connectivity index (χ3v) is 19.2. The molecule has 0 spiro atoms. The van der Waals surface area contributed by atoms with Crippen molar-refractivity contribution in [1.29, 1.82) is 0 Å². The highest BCUT2D eigenvalue weighted by Crippen LogP contribution is 2.40. The molecule has 0 radical (unpaired) electrons. The highest BCUT2D eigenvalue weighted by Gasteiger charge is 2.54. The zero-order valence-corrected chi connectivity index (χ0v) is 32.9. The summed E-state index contributed by atoms with van der Waals surface area (Å²) in [6.07, 6.45) is -0.874. The fourth-order valence-electron chi connectivity index (χ4n) is 7.08. The molecule has 0 aliphatic heterocycles. The Hall–Kier alpha value is -3.34. The van der Waals surface area contributed by atoms with Crippen LogP contribution in [0, 0.1) is 0 Å². The zero-order chi connectivity index (χ0) is 35.9. The number of ether oxygens (including phenoxy) is 1. The molecule has 0 bridgehead atoms. The maximum absolute atomic E-state index is 13.7. The van der Waals surface area contributed by atoms with Crippen LogP contribution < -0.4 is 20.7 Å². The molecule has 4 rings (SSSR count). The molecule has 1 N–H and O–H groups in total. The van der Waals surface area contributed by atoms with Gasteiger partial charge in [-0.15, -0.1) is 0 Å². The topological polar surface area (TPSA) is 65.0 Å². The lowest BCUT2D eigenvalue weighted by molar-refractivity contribution is -0.157. The predicted octanol–water partition coefficient (Wildman–Crippen LogP) is 6.99. The van der Waals surface area contributed by atoms with Crippen LogP contribution in [0.15, 0.2) is 121 Å². The Morgan fingerprint density at radius 2 is 0.857 bits per heavy atom. The van der Waals surface area contributed by atoms with Crippen LogP contribution in [-0.4, -0.2) is 52.1 Å². The highest BCUT2D eigenvalue weighted by molar-refractivity contribution is 7.00. The van der Waals surface area contributed by atoms with E-state index < -0.39 is 34.4 Å². The van der Waals surface area contributed by atoms with E-state index in [0.29, 0.717) is 6.42 Å². The molecule has 0 unspecified atom stereocenters. The molecule has 7 heteroatoms. The first-order valence-electron chi connectivity index (χ1n) is 17.4. The molecule has 0 saturated carbocycles. The molecule has 0 fully saturated rings. The third-order valence-electron chi connectivity index (χ3n) is 9.06. The van der Waals surface area contributed by atoms with Crippen LogP contribution in [0.3, 0.4) is 0 Å². The second-order valence-electron chi connectivity index (χ2n) is 16.0. The van der Waals surface area contributed by atoms with E-state index in [2.05, 4.69) is 139 Å². The highest BCUT2D eigenvalue weighted by atomic mass is 28.4. The summed E-state index contributed by atoms with van der Waals surface area (Å²) in [7, 11) is -6.10. The number of aliphatic hydroxyl groups excluding tert-OH is 1. The van der Waals surface area contributed by atoms with Gasteiger partial charge in [-0.25, -0.2) is 0 Å². The molecule has 0 aromatic heterocycles. The molecule has 0 amide bonds. The van der Waals surface area contributed by atoms with E-state index in [1.165, 1.54) is 0 Å². The molecule has 5 nitrogen and oxygen atoms in total. The third kappa shape index (κ3) is 8.88. The number of hydrogen-bond donors (Lipinski definition) is 1. The summed E-state index contributed by atoms with van der Waals surface area (Å²) in [6, 6.07) is 41.7. The molecule has 0 saturated heterocycles. The van der Waals surface area contributed by atoms with E-state index in [4.69, 9.17) is 13.6 Å². The van der Waals surface area contributed by atoms with E-state index in [0.717, 1.165) is 20.7 Å². The van der Waals surface area contributed by atoms with Gasteiger partial charge in [0.25, 0.3) is 16.6 Å². The normalized spacial score (nSPS) is 14.2. The maximum atomic E-state index is 13.7. The fraction of sp³-hybridized carbons (Fsp3) is 0.405. The van der Waals surface area contributed by atoms with Crippen molar-refractivity contribution in [3.8, 4) is 0 Å². The van der Waals surface area contributed by atoms with Crippen molar-refractivity contribution in [2.75, 3.05) is 6.61 Å². The summed E-state index contributed by atoms with van der Waals surface area (Å²) in [5.41, 5.74) is -0.652. The number of rotatable bonds is 13. The number of carbonyl (C=O) groups excluding carboxylic acids is 1. The van der Waals surface area contributed by atoms with Gasteiger partial charge in [-0.3, -0.25) is 4.79 Å². The van der Waals surface area contributed by atoms with Crippen LogP contribution in [0.25, 0.3) is 0 Å². The van der Waals surface area contributed by atoms with Gasteiger partial charge in [0.05, 0.1) is 25.2 Å². The van der Waals surface area contributed by atoms with Gasteiger partial charge >= 0.3 is 5.97 Å². The van der Waals surface area contributed by atoms with E-state index in [1.807, 2.05) is 45.0 Å². The Kier molecular flexibility index (Phi) is 12.3. The summed E-state index contributed by atoms with van der Waals surface area (Å²) in [5, 5.41) is 15.0. The van der Waals surface area contributed by atoms with E-state index in [1.54, 1.807) is 0 Å². The van der Waals surface area contributed by atoms with E-state index >= 15 is 0 Å². The van der Waals surface area contributed by atoms with E-state index in [-0.39, 0.29) is 29.1 Å². The van der Waals surface area contributed by atoms with Gasteiger partial charge in [-0.1, -0.05) is 163 Å². The fourth-order valence-corrected chi connectivity index (χ4v) is 16.5. The van der Waals surface area contributed by atoms with Crippen LogP contribution in [0.4, 0.5) is 0 Å². The smallest absolute Gasteiger partial charge is 0.308 e. The van der Waals surface area contributed by atoms with Crippen molar-refractivity contribution in [2.45, 2.75) is 103 Å². The SMILES string of the molecule is CC(C)(C)OC(=O)C[C@@H](C[C@@H](CO)O[Si](c1ccccc1)(c1ccccc1)C(C)(C)C)O[Si](c1ccccc1)(c1ccccc1)C(C)(C)C. The quantitative estimate of drug-likeness (QED) is 0.121. The summed E-state index contributed by atoms with van der Waals surface area (Å²) in [4.78, 5) is 13.7. The molecule has 4 aromatic carbocycles. The minimum absolute atomic E-state index is 0.0301. The lowest BCUT2D eigenvalue weighted by Gasteiger charge is -2.47. The minimum Gasteiger partial charge on any atom is -0.460 e. The first-order chi connectivity index (χ1) is 23.0. The van der Waals surface area contributed by atoms with Gasteiger partial charge in [-0.05, 0) is 51.6 Å². The predicted molar refractivity (Wildman–Crippen MR) is 207 cm³/mol. The molecular formula is C42H56O5Si2. The Bertz CT molecular complexity index is 1510. The summed E-state index contributed by atoms with van der Waals surface area (Å²) in [6.45, 7) is 18.8. The first kappa shape index (κ1) is 38.5. The lowest BCUT2D eigenvalue weighted by Crippen LogP contribution is -2.69. The largest absolute Gasteiger partial charge is 0.460 e. The molecule has 0 heterocycles. The average Bonchev–Trinajstić information content (AvgIpc) is 3.05. The zero-order valence-electron chi connectivity index (χ0n) is 30.9. The van der Waals surface area contributed by atoms with Crippen molar-refractivity contribution in [3.63, 3.8) is 0 Å². The van der Waals surface area contributed by atoms with Crippen molar-refractivity contribution < 1.29 is 23.5 Å². The number of carbonyl (C=O) groups is 1.